The van der Waals surface area contributed by atoms with Crippen molar-refractivity contribution in [2.24, 2.45) is 0 Å². The van der Waals surface area contributed by atoms with Gasteiger partial charge in [0.15, 0.2) is 11.5 Å². The van der Waals surface area contributed by atoms with E-state index in [0.29, 0.717) is 22.6 Å². The molecule has 0 aliphatic carbocycles. The average molecular weight is 410 g/mol. The van der Waals surface area contributed by atoms with Crippen molar-refractivity contribution in [1.82, 2.24) is 10.2 Å². The Labute approximate surface area is 173 Å². The lowest BCUT2D eigenvalue weighted by molar-refractivity contribution is -0.140. The van der Waals surface area contributed by atoms with Crippen LogP contribution in [0.4, 0.5) is 0 Å². The molecule has 156 valence electrons. The van der Waals surface area contributed by atoms with Crippen molar-refractivity contribution in [3.63, 3.8) is 0 Å². The molecule has 0 radical (unpaired) electrons. The van der Waals surface area contributed by atoms with Gasteiger partial charge in [-0.05, 0) is 29.3 Å². The van der Waals surface area contributed by atoms with Crippen molar-refractivity contribution in [3.8, 4) is 11.5 Å². The maximum Gasteiger partial charge on any atom is 0.307 e. The zero-order valence-corrected chi connectivity index (χ0v) is 16.7. The molecule has 0 saturated heterocycles. The SMILES string of the molecule is COC(=O)CCNC(=O)[C@H]1c2ccccc2C(=O)N(C)[C@H]1c1ccc2c(c1)OCO2. The number of likely N-dealkylation sites (N-methyl/N-ethyl adjacent to an activating group) is 1. The highest BCUT2D eigenvalue weighted by molar-refractivity contribution is 6.01. The number of carbonyl (C=O) groups excluding carboxylic acids is 3. The Morgan fingerprint density at radius 3 is 2.73 bits per heavy atom. The molecule has 1 N–H and O–H groups in total. The summed E-state index contributed by atoms with van der Waals surface area (Å²) in [5, 5.41) is 2.81. The molecule has 0 unspecified atom stereocenters. The normalized spacial score (nSPS) is 19.3. The van der Waals surface area contributed by atoms with Crippen molar-refractivity contribution in [2.45, 2.75) is 18.4 Å². The summed E-state index contributed by atoms with van der Waals surface area (Å²) in [7, 11) is 2.99. The summed E-state index contributed by atoms with van der Waals surface area (Å²) in [4.78, 5) is 39.2. The van der Waals surface area contributed by atoms with Crippen LogP contribution in [0.15, 0.2) is 42.5 Å². The number of fused-ring (bicyclic) bond motifs is 2. The highest BCUT2D eigenvalue weighted by atomic mass is 16.7. The molecule has 2 amide bonds. The number of hydrogen-bond acceptors (Lipinski definition) is 6. The molecule has 0 bridgehead atoms. The summed E-state index contributed by atoms with van der Waals surface area (Å²) in [6.07, 6.45) is 0.0695. The standard InChI is InChI=1S/C22H22N2O6/c1-24-20(13-7-8-16-17(11-13)30-12-29-16)19(21(26)23-10-9-18(25)28-2)14-5-3-4-6-15(14)22(24)27/h3-8,11,19-20H,9-10,12H2,1-2H3,(H,23,26)/t19-,20-/m0/s1. The van der Waals surface area contributed by atoms with Crippen LogP contribution in [0.1, 0.15) is 39.9 Å². The maximum absolute atomic E-state index is 13.2. The molecule has 2 aliphatic rings. The first kappa shape index (κ1) is 19.8. The fourth-order valence-corrected chi connectivity index (χ4v) is 3.97. The molecule has 30 heavy (non-hydrogen) atoms. The smallest absolute Gasteiger partial charge is 0.307 e. The number of hydrogen-bond donors (Lipinski definition) is 1. The van der Waals surface area contributed by atoms with E-state index in [2.05, 4.69) is 10.1 Å². The highest BCUT2D eigenvalue weighted by Crippen LogP contribution is 2.44. The summed E-state index contributed by atoms with van der Waals surface area (Å²) in [5.74, 6) is -0.277. The predicted octanol–water partition coefficient (Wildman–Crippen LogP) is 2.01. The first-order valence-electron chi connectivity index (χ1n) is 9.61. The second kappa shape index (κ2) is 8.06. The van der Waals surface area contributed by atoms with Gasteiger partial charge in [-0.2, -0.15) is 0 Å². The Hall–Kier alpha value is -3.55. The molecule has 0 spiro atoms. The summed E-state index contributed by atoms with van der Waals surface area (Å²) in [6.45, 7) is 0.286. The zero-order valence-electron chi connectivity index (χ0n) is 16.7. The lowest BCUT2D eigenvalue weighted by atomic mass is 9.79. The van der Waals surface area contributed by atoms with Crippen LogP contribution in [0.5, 0.6) is 11.5 Å². The fourth-order valence-electron chi connectivity index (χ4n) is 3.97. The maximum atomic E-state index is 13.2. The van der Waals surface area contributed by atoms with Crippen LogP contribution in [0, 0.1) is 0 Å². The molecule has 2 aliphatic heterocycles. The third-order valence-electron chi connectivity index (χ3n) is 5.46. The third kappa shape index (κ3) is 3.45. The van der Waals surface area contributed by atoms with Gasteiger partial charge >= 0.3 is 5.97 Å². The molecule has 0 fully saturated rings. The van der Waals surface area contributed by atoms with E-state index in [0.717, 1.165) is 5.56 Å². The van der Waals surface area contributed by atoms with Crippen molar-refractivity contribution in [2.75, 3.05) is 27.5 Å². The third-order valence-corrected chi connectivity index (χ3v) is 5.46. The molecule has 2 heterocycles. The lowest BCUT2D eigenvalue weighted by Crippen LogP contribution is -2.45. The van der Waals surface area contributed by atoms with Crippen LogP contribution in [0.2, 0.25) is 0 Å². The zero-order chi connectivity index (χ0) is 21.3. The van der Waals surface area contributed by atoms with Crippen LogP contribution < -0.4 is 14.8 Å². The monoisotopic (exact) mass is 410 g/mol. The molecule has 0 saturated carbocycles. The number of ether oxygens (including phenoxy) is 3. The quantitative estimate of drug-likeness (QED) is 0.758. The Balaban J connectivity index is 1.71. The van der Waals surface area contributed by atoms with Gasteiger partial charge in [0.05, 0.1) is 25.5 Å². The van der Waals surface area contributed by atoms with Gasteiger partial charge in [-0.3, -0.25) is 14.4 Å². The molecule has 8 heteroatoms. The van der Waals surface area contributed by atoms with Crippen LogP contribution in [-0.2, 0) is 14.3 Å². The number of rotatable bonds is 5. The number of esters is 1. The topological polar surface area (TPSA) is 94.2 Å². The Bertz CT molecular complexity index is 1000. The Kier molecular flexibility index (Phi) is 5.31. The van der Waals surface area contributed by atoms with Crippen molar-refractivity contribution < 1.29 is 28.6 Å². The molecule has 2 aromatic rings. The molecule has 2 atom stereocenters. The van der Waals surface area contributed by atoms with Crippen molar-refractivity contribution in [3.05, 3.63) is 59.2 Å². The number of nitrogens with zero attached hydrogens (tertiary/aromatic N) is 1. The second-order valence-corrected chi connectivity index (χ2v) is 7.16. The van der Waals surface area contributed by atoms with E-state index < -0.39 is 17.9 Å². The van der Waals surface area contributed by atoms with Gasteiger partial charge in [-0.15, -0.1) is 0 Å². The van der Waals surface area contributed by atoms with E-state index in [1.807, 2.05) is 12.1 Å². The highest BCUT2D eigenvalue weighted by Gasteiger charge is 2.42. The number of carbonyl (C=O) groups is 3. The second-order valence-electron chi connectivity index (χ2n) is 7.16. The largest absolute Gasteiger partial charge is 0.469 e. The van der Waals surface area contributed by atoms with Crippen LogP contribution in [0.3, 0.4) is 0 Å². The molecule has 0 aromatic heterocycles. The van der Waals surface area contributed by atoms with E-state index in [1.165, 1.54) is 7.11 Å². The fraction of sp³-hybridized carbons (Fsp3) is 0.318. The lowest BCUT2D eigenvalue weighted by Gasteiger charge is -2.39. The number of benzene rings is 2. The van der Waals surface area contributed by atoms with Crippen LogP contribution in [-0.4, -0.2) is 50.2 Å². The van der Waals surface area contributed by atoms with Gasteiger partial charge in [-0.1, -0.05) is 24.3 Å². The predicted molar refractivity (Wildman–Crippen MR) is 106 cm³/mol. The average Bonchev–Trinajstić information content (AvgIpc) is 3.23. The first-order chi connectivity index (χ1) is 14.5. The summed E-state index contributed by atoms with van der Waals surface area (Å²) in [6, 6.07) is 12.0. The molecular formula is C22H22N2O6. The summed E-state index contributed by atoms with van der Waals surface area (Å²) in [5.41, 5.74) is 1.90. The Morgan fingerprint density at radius 2 is 1.93 bits per heavy atom. The van der Waals surface area contributed by atoms with E-state index in [1.54, 1.807) is 42.3 Å². The molecule has 8 nitrogen and oxygen atoms in total. The summed E-state index contributed by atoms with van der Waals surface area (Å²) < 4.78 is 15.5. The number of methoxy groups -OCH3 is 1. The van der Waals surface area contributed by atoms with E-state index in [4.69, 9.17) is 9.47 Å². The first-order valence-corrected chi connectivity index (χ1v) is 9.61. The van der Waals surface area contributed by atoms with Gasteiger partial charge in [0.1, 0.15) is 0 Å². The minimum Gasteiger partial charge on any atom is -0.469 e. The molecule has 4 rings (SSSR count). The molecule has 2 aromatic carbocycles. The van der Waals surface area contributed by atoms with Gasteiger partial charge in [-0.25, -0.2) is 0 Å². The minimum absolute atomic E-state index is 0.0695. The van der Waals surface area contributed by atoms with Gasteiger partial charge in [0.2, 0.25) is 12.7 Å². The van der Waals surface area contributed by atoms with E-state index >= 15 is 0 Å². The van der Waals surface area contributed by atoms with Crippen LogP contribution in [0.25, 0.3) is 0 Å². The minimum atomic E-state index is -0.651. The Morgan fingerprint density at radius 1 is 1.17 bits per heavy atom. The number of amides is 2. The van der Waals surface area contributed by atoms with Gasteiger partial charge in [0.25, 0.3) is 5.91 Å². The van der Waals surface area contributed by atoms with Gasteiger partial charge in [0, 0.05) is 19.2 Å². The van der Waals surface area contributed by atoms with E-state index in [9.17, 15) is 14.4 Å². The summed E-state index contributed by atoms with van der Waals surface area (Å²) >= 11 is 0. The van der Waals surface area contributed by atoms with Crippen molar-refractivity contribution in [1.29, 1.82) is 0 Å². The van der Waals surface area contributed by atoms with Crippen molar-refractivity contribution >= 4 is 17.8 Å². The van der Waals surface area contributed by atoms with Gasteiger partial charge < -0.3 is 24.4 Å². The number of nitrogens with one attached hydrogen (secondary N) is 1. The van der Waals surface area contributed by atoms with Crippen LogP contribution >= 0.6 is 0 Å². The van der Waals surface area contributed by atoms with E-state index in [-0.39, 0.29) is 31.6 Å². The molecular weight excluding hydrogens is 388 g/mol.